The second-order valence-electron chi connectivity index (χ2n) is 2.86. The number of esters is 1. The van der Waals surface area contributed by atoms with E-state index in [4.69, 9.17) is 0 Å². The molecule has 0 spiro atoms. The quantitative estimate of drug-likeness (QED) is 0.568. The van der Waals surface area contributed by atoms with E-state index in [1.165, 1.54) is 26.4 Å². The highest BCUT2D eigenvalue weighted by atomic mass is 16.5. The van der Waals surface area contributed by atoms with Crippen molar-refractivity contribution in [2.24, 2.45) is 5.92 Å². The van der Waals surface area contributed by atoms with Crippen LogP contribution in [0.15, 0.2) is 0 Å². The molecule has 0 N–H and O–H groups in total. The van der Waals surface area contributed by atoms with Crippen LogP contribution in [0.25, 0.3) is 0 Å². The van der Waals surface area contributed by atoms with E-state index in [2.05, 4.69) is 4.74 Å². The number of methoxy groups -OCH3 is 1. The highest BCUT2D eigenvalue weighted by molar-refractivity contribution is 5.72. The Labute approximate surface area is 75.3 Å². The molecule has 0 aromatic carbocycles. The maximum Gasteiger partial charge on any atom is 0.308 e. The summed E-state index contributed by atoms with van der Waals surface area (Å²) in [4.78, 5) is 10.9. The number of carbonyl (C=O) groups excluding carboxylic acids is 1. The van der Waals surface area contributed by atoms with Gasteiger partial charge in [0.05, 0.1) is 13.0 Å². The smallest absolute Gasteiger partial charge is 0.308 e. The summed E-state index contributed by atoms with van der Waals surface area (Å²) < 4.78 is 4.65. The van der Waals surface area contributed by atoms with Crippen molar-refractivity contribution in [3.63, 3.8) is 0 Å². The fourth-order valence-corrected chi connectivity index (χ4v) is 1.50. The molecular weight excluding hydrogens is 152 g/mol. The third kappa shape index (κ3) is 3.74. The van der Waals surface area contributed by atoms with Gasteiger partial charge in [0.25, 0.3) is 0 Å². The molecule has 0 bridgehead atoms. The Bertz CT molecular complexity index is 115. The van der Waals surface area contributed by atoms with Crippen molar-refractivity contribution in [2.75, 3.05) is 7.11 Å². The molecule has 2 heteroatoms. The van der Waals surface area contributed by atoms with Crippen LogP contribution in [0.1, 0.15) is 46.0 Å². The largest absolute Gasteiger partial charge is 0.469 e. The van der Waals surface area contributed by atoms with E-state index in [-0.39, 0.29) is 11.9 Å². The number of carbonyl (C=O) groups is 1. The van der Waals surface area contributed by atoms with E-state index in [1.54, 1.807) is 0 Å². The lowest BCUT2D eigenvalue weighted by atomic mass is 9.89. The minimum Gasteiger partial charge on any atom is -0.469 e. The summed E-state index contributed by atoms with van der Waals surface area (Å²) in [5.74, 6) is 0.193. The van der Waals surface area contributed by atoms with Gasteiger partial charge in [0, 0.05) is 0 Å². The van der Waals surface area contributed by atoms with Crippen molar-refractivity contribution in [3.05, 3.63) is 0 Å². The first kappa shape index (κ1) is 11.5. The van der Waals surface area contributed by atoms with Gasteiger partial charge in [-0.2, -0.15) is 0 Å². The first-order valence-corrected chi connectivity index (χ1v) is 4.92. The van der Waals surface area contributed by atoms with Crippen LogP contribution >= 0.6 is 0 Å². The number of rotatable bonds is 1. The summed E-state index contributed by atoms with van der Waals surface area (Å²) in [6, 6.07) is 0. The molecule has 1 fully saturated rings. The normalized spacial score (nSPS) is 17.6. The van der Waals surface area contributed by atoms with Crippen LogP contribution in [0.5, 0.6) is 0 Å². The molecule has 1 aliphatic rings. The molecule has 1 aliphatic carbocycles. The van der Waals surface area contributed by atoms with Crippen LogP contribution < -0.4 is 0 Å². The summed E-state index contributed by atoms with van der Waals surface area (Å²) in [5.41, 5.74) is 0. The van der Waals surface area contributed by atoms with E-state index >= 15 is 0 Å². The zero-order valence-electron chi connectivity index (χ0n) is 8.43. The predicted molar refractivity (Wildman–Crippen MR) is 49.9 cm³/mol. The summed E-state index contributed by atoms with van der Waals surface area (Å²) in [6.45, 7) is 4.00. The first-order chi connectivity index (χ1) is 5.84. The SMILES string of the molecule is CC.COC(=O)C1CCCCC1. The lowest BCUT2D eigenvalue weighted by Gasteiger charge is -2.18. The Balaban J connectivity index is 0.000000561. The van der Waals surface area contributed by atoms with Crippen LogP contribution in [0.2, 0.25) is 0 Å². The highest BCUT2D eigenvalue weighted by Crippen LogP contribution is 2.24. The Morgan fingerprint density at radius 1 is 1.17 bits per heavy atom. The Morgan fingerprint density at radius 2 is 1.67 bits per heavy atom. The van der Waals surface area contributed by atoms with Crippen molar-refractivity contribution in [1.29, 1.82) is 0 Å². The standard InChI is InChI=1S/C8H14O2.C2H6/c1-10-8(9)7-5-3-2-4-6-7;1-2/h7H,2-6H2,1H3;1-2H3. The molecule has 1 rings (SSSR count). The molecule has 0 unspecified atom stereocenters. The van der Waals surface area contributed by atoms with Crippen LogP contribution in [-0.2, 0) is 9.53 Å². The summed E-state index contributed by atoms with van der Waals surface area (Å²) >= 11 is 0. The van der Waals surface area contributed by atoms with Crippen molar-refractivity contribution in [1.82, 2.24) is 0 Å². The van der Waals surface area contributed by atoms with Crippen molar-refractivity contribution in [3.8, 4) is 0 Å². The maximum absolute atomic E-state index is 10.9. The Kier molecular flexibility index (Phi) is 6.82. The lowest BCUT2D eigenvalue weighted by Crippen LogP contribution is -2.18. The predicted octanol–water partition coefficient (Wildman–Crippen LogP) is 2.77. The Hall–Kier alpha value is -0.530. The molecule has 0 aromatic heterocycles. The third-order valence-corrected chi connectivity index (χ3v) is 2.14. The topological polar surface area (TPSA) is 26.3 Å². The van der Waals surface area contributed by atoms with Crippen LogP contribution in [0.3, 0.4) is 0 Å². The Morgan fingerprint density at radius 3 is 2.08 bits per heavy atom. The number of hydrogen-bond donors (Lipinski definition) is 0. The van der Waals surface area contributed by atoms with Gasteiger partial charge in [0.1, 0.15) is 0 Å². The molecule has 12 heavy (non-hydrogen) atoms. The zero-order valence-corrected chi connectivity index (χ0v) is 8.43. The van der Waals surface area contributed by atoms with Gasteiger partial charge in [0.15, 0.2) is 0 Å². The van der Waals surface area contributed by atoms with E-state index in [9.17, 15) is 4.79 Å². The number of hydrogen-bond acceptors (Lipinski definition) is 2. The lowest BCUT2D eigenvalue weighted by molar-refractivity contribution is -0.146. The molecule has 0 aromatic rings. The van der Waals surface area contributed by atoms with E-state index in [0.29, 0.717) is 0 Å². The summed E-state index contributed by atoms with van der Waals surface area (Å²) in [6.07, 6.45) is 5.74. The molecular formula is C10H20O2. The van der Waals surface area contributed by atoms with Gasteiger partial charge in [-0.15, -0.1) is 0 Å². The molecule has 0 radical (unpaired) electrons. The first-order valence-electron chi connectivity index (χ1n) is 4.92. The van der Waals surface area contributed by atoms with Crippen molar-refractivity contribution >= 4 is 5.97 Å². The fraction of sp³-hybridized carbons (Fsp3) is 0.900. The van der Waals surface area contributed by atoms with Gasteiger partial charge < -0.3 is 4.74 Å². The van der Waals surface area contributed by atoms with Crippen molar-refractivity contribution < 1.29 is 9.53 Å². The summed E-state index contributed by atoms with van der Waals surface area (Å²) in [7, 11) is 1.47. The van der Waals surface area contributed by atoms with E-state index < -0.39 is 0 Å². The second-order valence-corrected chi connectivity index (χ2v) is 2.86. The average Bonchev–Trinajstić information content (AvgIpc) is 2.21. The van der Waals surface area contributed by atoms with Gasteiger partial charge >= 0.3 is 5.97 Å². The molecule has 0 heterocycles. The molecule has 0 saturated heterocycles. The van der Waals surface area contributed by atoms with Gasteiger partial charge in [-0.25, -0.2) is 0 Å². The fourth-order valence-electron chi connectivity index (χ4n) is 1.50. The van der Waals surface area contributed by atoms with Gasteiger partial charge in [-0.3, -0.25) is 4.79 Å². The zero-order chi connectivity index (χ0) is 9.40. The van der Waals surface area contributed by atoms with Crippen LogP contribution in [0, 0.1) is 5.92 Å². The van der Waals surface area contributed by atoms with Crippen molar-refractivity contribution in [2.45, 2.75) is 46.0 Å². The van der Waals surface area contributed by atoms with E-state index in [0.717, 1.165) is 12.8 Å². The number of ether oxygens (including phenoxy) is 1. The van der Waals surface area contributed by atoms with Gasteiger partial charge in [-0.05, 0) is 12.8 Å². The van der Waals surface area contributed by atoms with E-state index in [1.807, 2.05) is 13.8 Å². The maximum atomic E-state index is 10.9. The molecule has 2 nitrogen and oxygen atoms in total. The monoisotopic (exact) mass is 172 g/mol. The molecule has 72 valence electrons. The van der Waals surface area contributed by atoms with Gasteiger partial charge in [0.2, 0.25) is 0 Å². The molecule has 0 amide bonds. The highest BCUT2D eigenvalue weighted by Gasteiger charge is 2.20. The second kappa shape index (κ2) is 7.14. The third-order valence-electron chi connectivity index (χ3n) is 2.14. The minimum atomic E-state index is -0.0142. The summed E-state index contributed by atoms with van der Waals surface area (Å²) in [5, 5.41) is 0. The van der Waals surface area contributed by atoms with Gasteiger partial charge in [-0.1, -0.05) is 33.1 Å². The minimum absolute atomic E-state index is 0.0142. The molecule has 0 aliphatic heterocycles. The van der Waals surface area contributed by atoms with Crippen LogP contribution in [-0.4, -0.2) is 13.1 Å². The average molecular weight is 172 g/mol. The van der Waals surface area contributed by atoms with Crippen LogP contribution in [0.4, 0.5) is 0 Å². The molecule has 0 atom stereocenters. The molecule has 1 saturated carbocycles.